The first-order valence-electron chi connectivity index (χ1n) is 12.0. The molecule has 0 radical (unpaired) electrons. The summed E-state index contributed by atoms with van der Waals surface area (Å²) < 4.78 is 6.84. The lowest BCUT2D eigenvalue weighted by molar-refractivity contribution is -0.113. The molecule has 0 unspecified atom stereocenters. The molecule has 3 rings (SSSR count). The summed E-state index contributed by atoms with van der Waals surface area (Å²) >= 11 is 13.4. The van der Waals surface area contributed by atoms with Gasteiger partial charge in [0.15, 0.2) is 11.0 Å². The maximum absolute atomic E-state index is 13.0. The van der Waals surface area contributed by atoms with Crippen molar-refractivity contribution in [2.75, 3.05) is 17.7 Å². The van der Waals surface area contributed by atoms with Crippen molar-refractivity contribution in [2.24, 2.45) is 5.92 Å². The largest absolute Gasteiger partial charge is 0.462 e. The fourth-order valence-corrected chi connectivity index (χ4v) is 4.89. The highest BCUT2D eigenvalue weighted by Gasteiger charge is 2.27. The van der Waals surface area contributed by atoms with Crippen LogP contribution in [0.2, 0.25) is 10.0 Å². The number of amides is 2. The molecule has 2 amide bonds. The molecule has 0 spiro atoms. The Kier molecular flexibility index (Phi) is 10.6. The van der Waals surface area contributed by atoms with E-state index in [1.165, 1.54) is 17.8 Å². The van der Waals surface area contributed by atoms with Crippen LogP contribution < -0.4 is 10.6 Å². The van der Waals surface area contributed by atoms with Crippen molar-refractivity contribution in [3.63, 3.8) is 0 Å². The van der Waals surface area contributed by atoms with Crippen LogP contribution in [0.3, 0.4) is 0 Å². The smallest absolute Gasteiger partial charge is 0.338 e. The van der Waals surface area contributed by atoms with Gasteiger partial charge in [0, 0.05) is 17.3 Å². The van der Waals surface area contributed by atoms with Gasteiger partial charge in [-0.25, -0.2) is 4.79 Å². The van der Waals surface area contributed by atoms with Crippen molar-refractivity contribution in [3.8, 4) is 0 Å². The number of ether oxygens (including phenoxy) is 1. The van der Waals surface area contributed by atoms with E-state index in [0.29, 0.717) is 46.0 Å². The topological polar surface area (TPSA) is 115 Å². The van der Waals surface area contributed by atoms with Gasteiger partial charge in [-0.1, -0.05) is 48.8 Å². The van der Waals surface area contributed by atoms with E-state index in [1.807, 2.05) is 25.3 Å². The molecule has 0 aliphatic heterocycles. The Hall–Kier alpha value is -3.08. The highest BCUT2D eigenvalue weighted by Crippen LogP contribution is 2.27. The summed E-state index contributed by atoms with van der Waals surface area (Å²) in [7, 11) is 0. The number of carbonyl (C=O) groups is 3. The molecular weight excluding hydrogens is 549 g/mol. The molecule has 0 aliphatic carbocycles. The van der Waals surface area contributed by atoms with E-state index >= 15 is 0 Å². The van der Waals surface area contributed by atoms with E-state index in [9.17, 15) is 14.4 Å². The molecule has 0 saturated carbocycles. The second kappa shape index (κ2) is 13.6. The van der Waals surface area contributed by atoms with Gasteiger partial charge in [0.1, 0.15) is 0 Å². The second-order valence-electron chi connectivity index (χ2n) is 8.54. The molecular formula is C26H29Cl2N5O4S. The Bertz CT molecular complexity index is 1300. The molecule has 12 heteroatoms. The first-order chi connectivity index (χ1) is 18.1. The minimum absolute atomic E-state index is 0.00162. The van der Waals surface area contributed by atoms with Crippen molar-refractivity contribution in [1.29, 1.82) is 0 Å². The number of esters is 1. The van der Waals surface area contributed by atoms with Gasteiger partial charge in [-0.2, -0.15) is 0 Å². The van der Waals surface area contributed by atoms with Gasteiger partial charge < -0.3 is 19.9 Å². The lowest BCUT2D eigenvalue weighted by Crippen LogP contribution is -2.34. The number of hydrogen-bond donors (Lipinski definition) is 2. The Morgan fingerprint density at radius 1 is 1.05 bits per heavy atom. The van der Waals surface area contributed by atoms with Crippen LogP contribution >= 0.6 is 35.0 Å². The molecule has 1 heterocycles. The van der Waals surface area contributed by atoms with Gasteiger partial charge in [-0.05, 0) is 62.2 Å². The summed E-state index contributed by atoms with van der Waals surface area (Å²) in [5, 5.41) is 15.7. The number of carbonyl (C=O) groups excluding carboxylic acids is 3. The number of nitrogens with one attached hydrogen (secondary N) is 2. The summed E-state index contributed by atoms with van der Waals surface area (Å²) in [5.41, 5.74) is 1.28. The van der Waals surface area contributed by atoms with Crippen LogP contribution in [0.25, 0.3) is 0 Å². The number of benzene rings is 2. The molecule has 0 saturated heterocycles. The molecule has 3 aromatic rings. The van der Waals surface area contributed by atoms with E-state index in [0.717, 1.165) is 0 Å². The van der Waals surface area contributed by atoms with Crippen molar-refractivity contribution in [3.05, 3.63) is 69.5 Å². The SMILES string of the molecule is CCOC(=O)c1ccc(NC(=O)CSc2nnc([C@@H](NC(=O)c3ccc(Cl)cc3Cl)C(C)C)n2CC)cc1. The van der Waals surface area contributed by atoms with Crippen LogP contribution in [0, 0.1) is 5.92 Å². The highest BCUT2D eigenvalue weighted by molar-refractivity contribution is 7.99. The van der Waals surface area contributed by atoms with Crippen LogP contribution in [0.1, 0.15) is 60.3 Å². The first-order valence-corrected chi connectivity index (χ1v) is 13.8. The Morgan fingerprint density at radius 2 is 1.76 bits per heavy atom. The maximum atomic E-state index is 13.0. The highest BCUT2D eigenvalue weighted by atomic mass is 35.5. The lowest BCUT2D eigenvalue weighted by atomic mass is 10.0. The Morgan fingerprint density at radius 3 is 2.37 bits per heavy atom. The van der Waals surface area contributed by atoms with E-state index < -0.39 is 12.0 Å². The second-order valence-corrected chi connectivity index (χ2v) is 10.3. The van der Waals surface area contributed by atoms with E-state index in [2.05, 4.69) is 20.8 Å². The summed E-state index contributed by atoms with van der Waals surface area (Å²) in [5.74, 6) is -0.327. The van der Waals surface area contributed by atoms with Gasteiger partial charge in [-0.15, -0.1) is 10.2 Å². The van der Waals surface area contributed by atoms with Gasteiger partial charge in [0.05, 0.1) is 34.6 Å². The molecule has 0 bridgehead atoms. The standard InChI is InChI=1S/C26H29Cl2N5O4S/c1-5-33-23(22(15(3)4)30-24(35)19-12-9-17(27)13-20(19)28)31-32-26(33)38-14-21(34)29-18-10-7-16(8-11-18)25(36)37-6-2/h7-13,15,22H,5-6,14H2,1-4H3,(H,29,34)(H,30,35)/t22-/m0/s1. The zero-order chi connectivity index (χ0) is 27.8. The van der Waals surface area contributed by atoms with Gasteiger partial charge in [0.25, 0.3) is 5.91 Å². The zero-order valence-electron chi connectivity index (χ0n) is 21.5. The van der Waals surface area contributed by atoms with Gasteiger partial charge in [-0.3, -0.25) is 9.59 Å². The number of anilines is 1. The van der Waals surface area contributed by atoms with Gasteiger partial charge >= 0.3 is 5.97 Å². The quantitative estimate of drug-likeness (QED) is 0.224. The molecule has 2 N–H and O–H groups in total. The first kappa shape index (κ1) is 29.5. The average molecular weight is 579 g/mol. The molecule has 0 fully saturated rings. The minimum atomic E-state index is -0.442. The number of aromatic nitrogens is 3. The Labute approximate surface area is 235 Å². The van der Waals surface area contributed by atoms with E-state index in [1.54, 1.807) is 43.3 Å². The third-order valence-corrected chi connectivity index (χ3v) is 7.00. The van der Waals surface area contributed by atoms with Crippen LogP contribution in [0.15, 0.2) is 47.6 Å². The molecule has 1 aromatic heterocycles. The summed E-state index contributed by atoms with van der Waals surface area (Å²) in [6.45, 7) is 8.45. The van der Waals surface area contributed by atoms with Gasteiger partial charge in [0.2, 0.25) is 5.91 Å². The van der Waals surface area contributed by atoms with Crippen molar-refractivity contribution < 1.29 is 19.1 Å². The fourth-order valence-electron chi connectivity index (χ4n) is 3.59. The molecule has 0 aliphatic rings. The van der Waals surface area contributed by atoms with Crippen LogP contribution in [-0.4, -0.2) is 44.9 Å². The van der Waals surface area contributed by atoms with Crippen LogP contribution in [0.5, 0.6) is 0 Å². The molecule has 2 aromatic carbocycles. The van der Waals surface area contributed by atoms with Crippen molar-refractivity contribution in [2.45, 2.75) is 45.4 Å². The molecule has 202 valence electrons. The fraction of sp³-hybridized carbons (Fsp3) is 0.346. The zero-order valence-corrected chi connectivity index (χ0v) is 23.8. The maximum Gasteiger partial charge on any atom is 0.338 e. The third kappa shape index (κ3) is 7.49. The van der Waals surface area contributed by atoms with Crippen molar-refractivity contribution in [1.82, 2.24) is 20.1 Å². The lowest BCUT2D eigenvalue weighted by Gasteiger charge is -2.22. The number of rotatable bonds is 11. The summed E-state index contributed by atoms with van der Waals surface area (Å²) in [6, 6.07) is 10.7. The number of nitrogens with zero attached hydrogens (tertiary/aromatic N) is 3. The van der Waals surface area contributed by atoms with Crippen molar-refractivity contribution >= 4 is 58.4 Å². The summed E-state index contributed by atoms with van der Waals surface area (Å²) in [4.78, 5) is 37.3. The number of hydrogen-bond acceptors (Lipinski definition) is 7. The number of halogens is 2. The minimum Gasteiger partial charge on any atom is -0.462 e. The van der Waals surface area contributed by atoms with E-state index in [4.69, 9.17) is 27.9 Å². The van der Waals surface area contributed by atoms with Crippen LogP contribution in [-0.2, 0) is 16.1 Å². The predicted molar refractivity (Wildman–Crippen MR) is 149 cm³/mol. The molecule has 1 atom stereocenters. The molecule has 38 heavy (non-hydrogen) atoms. The predicted octanol–water partition coefficient (Wildman–Crippen LogP) is 5.64. The Balaban J connectivity index is 1.67. The average Bonchev–Trinajstić information content (AvgIpc) is 3.28. The van der Waals surface area contributed by atoms with E-state index in [-0.39, 0.29) is 28.5 Å². The number of thioether (sulfide) groups is 1. The summed E-state index contributed by atoms with van der Waals surface area (Å²) in [6.07, 6.45) is 0. The third-order valence-electron chi connectivity index (χ3n) is 5.48. The monoisotopic (exact) mass is 577 g/mol. The molecule has 9 nitrogen and oxygen atoms in total. The normalized spacial score (nSPS) is 11.8. The van der Waals surface area contributed by atoms with Crippen LogP contribution in [0.4, 0.5) is 5.69 Å².